The molecule has 0 aliphatic heterocycles. The number of rotatable bonds is 5. The standard InChI is InChI=1S/C22H23N3O4S3/c1-25-20(27)16-11-7-5-9-14(11)31-18(16)24-22(25)30-10-15(26)23-19-17(21(28)29-2)12-6-3-4-8-13(12)32-19/h3-10H2,1-2H3,(H,23,26). The van der Waals surface area contributed by atoms with Gasteiger partial charge in [-0.15, -0.1) is 22.7 Å². The molecule has 0 radical (unpaired) electrons. The van der Waals surface area contributed by atoms with Crippen LogP contribution in [0.4, 0.5) is 5.00 Å². The van der Waals surface area contributed by atoms with Gasteiger partial charge in [0.15, 0.2) is 5.16 Å². The monoisotopic (exact) mass is 489 g/mol. The van der Waals surface area contributed by atoms with Crippen LogP contribution in [0.5, 0.6) is 0 Å². The highest BCUT2D eigenvalue weighted by Gasteiger charge is 2.27. The average Bonchev–Trinajstić information content (AvgIpc) is 3.47. The molecule has 10 heteroatoms. The van der Waals surface area contributed by atoms with Crippen LogP contribution in [-0.4, -0.2) is 34.3 Å². The molecule has 7 nitrogen and oxygen atoms in total. The lowest BCUT2D eigenvalue weighted by Gasteiger charge is -2.11. The molecule has 0 unspecified atom stereocenters. The van der Waals surface area contributed by atoms with Crippen molar-refractivity contribution in [3.63, 3.8) is 0 Å². The highest BCUT2D eigenvalue weighted by atomic mass is 32.2. The summed E-state index contributed by atoms with van der Waals surface area (Å²) in [6.45, 7) is 0. The fraction of sp³-hybridized carbons (Fsp3) is 0.455. The Bertz CT molecular complexity index is 1300. The van der Waals surface area contributed by atoms with Crippen molar-refractivity contribution >= 4 is 61.5 Å². The number of hydrogen-bond donors (Lipinski definition) is 1. The summed E-state index contributed by atoms with van der Waals surface area (Å²) in [6, 6.07) is 0. The van der Waals surface area contributed by atoms with E-state index in [1.54, 1.807) is 18.4 Å². The number of esters is 1. The number of thiophene rings is 2. The second kappa shape index (κ2) is 8.64. The minimum Gasteiger partial charge on any atom is -0.465 e. The Balaban J connectivity index is 1.35. The summed E-state index contributed by atoms with van der Waals surface area (Å²) in [5.74, 6) is -0.547. The van der Waals surface area contributed by atoms with E-state index in [1.165, 1.54) is 39.7 Å². The van der Waals surface area contributed by atoms with E-state index >= 15 is 0 Å². The van der Waals surface area contributed by atoms with Crippen molar-refractivity contribution in [1.29, 1.82) is 0 Å². The van der Waals surface area contributed by atoms with Gasteiger partial charge in [0.2, 0.25) is 5.91 Å². The van der Waals surface area contributed by atoms with E-state index in [-0.39, 0.29) is 17.2 Å². The summed E-state index contributed by atoms with van der Waals surface area (Å²) < 4.78 is 6.51. The Morgan fingerprint density at radius 3 is 2.62 bits per heavy atom. The lowest BCUT2D eigenvalue weighted by atomic mass is 9.95. The molecule has 5 rings (SSSR count). The smallest absolute Gasteiger partial charge is 0.341 e. The van der Waals surface area contributed by atoms with Crippen LogP contribution in [0, 0.1) is 0 Å². The van der Waals surface area contributed by atoms with E-state index in [0.717, 1.165) is 71.2 Å². The number of anilines is 1. The zero-order valence-corrected chi connectivity index (χ0v) is 20.4. The highest BCUT2D eigenvalue weighted by molar-refractivity contribution is 7.99. The summed E-state index contributed by atoms with van der Waals surface area (Å²) in [5.41, 5.74) is 2.61. The van der Waals surface area contributed by atoms with Crippen molar-refractivity contribution in [3.8, 4) is 0 Å². The SMILES string of the molecule is COC(=O)c1c(NC(=O)CSc2nc3sc4c(c3c(=O)n2C)CCC4)sc2c1CCCC2. The van der Waals surface area contributed by atoms with Crippen LogP contribution < -0.4 is 10.9 Å². The highest BCUT2D eigenvalue weighted by Crippen LogP contribution is 2.39. The molecule has 2 aliphatic rings. The summed E-state index contributed by atoms with van der Waals surface area (Å²) in [4.78, 5) is 45.9. The van der Waals surface area contributed by atoms with E-state index in [4.69, 9.17) is 4.74 Å². The number of nitrogens with one attached hydrogen (secondary N) is 1. The normalized spacial score (nSPS) is 14.9. The number of nitrogens with zero attached hydrogens (tertiary/aromatic N) is 2. The predicted molar refractivity (Wildman–Crippen MR) is 129 cm³/mol. The van der Waals surface area contributed by atoms with Gasteiger partial charge in [0.05, 0.1) is 23.8 Å². The van der Waals surface area contributed by atoms with Crippen LogP contribution in [0.3, 0.4) is 0 Å². The van der Waals surface area contributed by atoms with E-state index in [2.05, 4.69) is 10.3 Å². The molecule has 32 heavy (non-hydrogen) atoms. The predicted octanol–water partition coefficient (Wildman–Crippen LogP) is 3.94. The van der Waals surface area contributed by atoms with Gasteiger partial charge in [-0.05, 0) is 56.1 Å². The summed E-state index contributed by atoms with van der Waals surface area (Å²) in [7, 11) is 3.07. The lowest BCUT2D eigenvalue weighted by molar-refractivity contribution is -0.113. The van der Waals surface area contributed by atoms with Crippen LogP contribution in [0.1, 0.15) is 50.5 Å². The maximum Gasteiger partial charge on any atom is 0.341 e. The van der Waals surface area contributed by atoms with Crippen molar-refractivity contribution in [2.24, 2.45) is 7.05 Å². The van der Waals surface area contributed by atoms with Crippen LogP contribution >= 0.6 is 34.4 Å². The molecule has 3 heterocycles. The van der Waals surface area contributed by atoms with E-state index < -0.39 is 5.97 Å². The third-order valence-corrected chi connectivity index (χ3v) is 9.47. The quantitative estimate of drug-likeness (QED) is 0.332. The number of ether oxygens (including phenoxy) is 1. The molecule has 2 aliphatic carbocycles. The van der Waals surface area contributed by atoms with Crippen molar-refractivity contribution in [3.05, 3.63) is 36.8 Å². The number of aromatic nitrogens is 2. The molecule has 0 saturated carbocycles. The Hall–Kier alpha value is -2.17. The first kappa shape index (κ1) is 21.7. The first-order chi connectivity index (χ1) is 15.5. The van der Waals surface area contributed by atoms with Gasteiger partial charge >= 0.3 is 5.97 Å². The number of carbonyl (C=O) groups is 2. The van der Waals surface area contributed by atoms with E-state index in [9.17, 15) is 14.4 Å². The molecule has 1 amide bonds. The fourth-order valence-electron chi connectivity index (χ4n) is 4.50. The van der Waals surface area contributed by atoms with Gasteiger partial charge in [0.1, 0.15) is 9.83 Å². The Kier molecular flexibility index (Phi) is 5.85. The molecular weight excluding hydrogens is 466 g/mol. The third kappa shape index (κ3) is 3.68. The van der Waals surface area contributed by atoms with Crippen molar-refractivity contribution < 1.29 is 14.3 Å². The molecule has 3 aromatic heterocycles. The van der Waals surface area contributed by atoms with Crippen molar-refractivity contribution in [2.45, 2.75) is 50.1 Å². The van der Waals surface area contributed by atoms with Gasteiger partial charge < -0.3 is 10.1 Å². The van der Waals surface area contributed by atoms with Crippen molar-refractivity contribution in [2.75, 3.05) is 18.2 Å². The maximum atomic E-state index is 12.9. The van der Waals surface area contributed by atoms with Gasteiger partial charge in [0.25, 0.3) is 5.56 Å². The largest absolute Gasteiger partial charge is 0.465 e. The Morgan fingerprint density at radius 2 is 1.81 bits per heavy atom. The Labute approximate surface area is 197 Å². The number of amides is 1. The molecule has 1 N–H and O–H groups in total. The molecular formula is C22H23N3O4S3. The summed E-state index contributed by atoms with van der Waals surface area (Å²) in [5, 5.41) is 4.72. The number of carbonyl (C=O) groups excluding carboxylic acids is 2. The van der Waals surface area contributed by atoms with Crippen LogP contribution in [-0.2, 0) is 42.3 Å². The van der Waals surface area contributed by atoms with Crippen LogP contribution in [0.2, 0.25) is 0 Å². The fourth-order valence-corrected chi connectivity index (χ4v) is 7.87. The van der Waals surface area contributed by atoms with Gasteiger partial charge in [-0.1, -0.05) is 11.8 Å². The molecule has 0 spiro atoms. The number of fused-ring (bicyclic) bond motifs is 4. The number of aryl methyl sites for hydroxylation is 3. The lowest BCUT2D eigenvalue weighted by Crippen LogP contribution is -2.21. The number of thioether (sulfide) groups is 1. The second-order valence-corrected chi connectivity index (χ2v) is 11.2. The topological polar surface area (TPSA) is 90.3 Å². The molecule has 0 aromatic carbocycles. The molecule has 0 saturated heterocycles. The molecule has 0 bridgehead atoms. The Morgan fingerprint density at radius 1 is 1.09 bits per heavy atom. The van der Waals surface area contributed by atoms with Crippen molar-refractivity contribution in [1.82, 2.24) is 9.55 Å². The third-order valence-electron chi connectivity index (χ3n) is 6.05. The maximum absolute atomic E-state index is 12.9. The average molecular weight is 490 g/mol. The van der Waals surface area contributed by atoms with Gasteiger partial charge in [-0.25, -0.2) is 9.78 Å². The first-order valence-corrected chi connectivity index (χ1v) is 13.3. The van der Waals surface area contributed by atoms with Gasteiger partial charge in [-0.3, -0.25) is 14.2 Å². The van der Waals surface area contributed by atoms with E-state index in [1.807, 2.05) is 0 Å². The molecule has 3 aromatic rings. The molecule has 168 valence electrons. The summed E-state index contributed by atoms with van der Waals surface area (Å²) in [6.07, 6.45) is 6.92. The van der Waals surface area contributed by atoms with Gasteiger partial charge in [-0.2, -0.15) is 0 Å². The first-order valence-electron chi connectivity index (χ1n) is 10.6. The van der Waals surface area contributed by atoms with E-state index in [0.29, 0.717) is 15.7 Å². The zero-order chi connectivity index (χ0) is 22.4. The minimum absolute atomic E-state index is 0.0452. The second-order valence-electron chi connectivity index (χ2n) is 8.04. The molecule has 0 atom stereocenters. The van der Waals surface area contributed by atoms with Crippen LogP contribution in [0.25, 0.3) is 10.2 Å². The summed E-state index contributed by atoms with van der Waals surface area (Å²) >= 11 is 4.29. The number of methoxy groups -OCH3 is 1. The minimum atomic E-state index is -0.410. The molecule has 0 fully saturated rings. The van der Waals surface area contributed by atoms with Gasteiger partial charge in [0, 0.05) is 16.8 Å². The zero-order valence-electron chi connectivity index (χ0n) is 17.9. The number of hydrogen-bond acceptors (Lipinski definition) is 8. The van der Waals surface area contributed by atoms with Crippen LogP contribution in [0.15, 0.2) is 9.95 Å².